The molecule has 7 nitrogen and oxygen atoms in total. The second kappa shape index (κ2) is 19.0. The van der Waals surface area contributed by atoms with Gasteiger partial charge in [0.05, 0.1) is 0 Å². The summed E-state index contributed by atoms with van der Waals surface area (Å²) >= 11 is -7.58. The zero-order valence-corrected chi connectivity index (χ0v) is 39.2. The SMILES string of the molecule is CC(C)c1cccc(C(C)C)c1-n1ccn(-c2c(C(C)C)cccc2C(C)C)[c]1=[Au]([CH2]CCS(=O)(=O)Oc1cccc(Oc2cccc(C(F)(F)F)c2C#N)c1)([C](F)(F)F)[C](F)(F)F. The summed E-state index contributed by atoms with van der Waals surface area (Å²) in [6.45, 7) is 14.4. The van der Waals surface area contributed by atoms with Gasteiger partial charge in [-0.2, -0.15) is 18.4 Å². The summed E-state index contributed by atoms with van der Waals surface area (Å²) in [5, 5.41) is 9.46. The van der Waals surface area contributed by atoms with Crippen LogP contribution < -0.4 is 8.92 Å². The molecule has 0 aliphatic carbocycles. The summed E-state index contributed by atoms with van der Waals surface area (Å²) in [6, 6.07) is 18.8. The van der Waals surface area contributed by atoms with Gasteiger partial charge in [-0.15, -0.1) is 0 Å². The van der Waals surface area contributed by atoms with Crippen molar-refractivity contribution in [3.63, 3.8) is 0 Å². The number of para-hydroxylation sites is 2. The van der Waals surface area contributed by atoms with Crippen molar-refractivity contribution >= 4 is 10.1 Å². The molecule has 0 atom stereocenters. The first-order valence-corrected chi connectivity index (χ1v) is 26.4. The van der Waals surface area contributed by atoms with E-state index < -0.39 is 84.8 Å². The number of hydrogen-bond acceptors (Lipinski definition) is 5. The van der Waals surface area contributed by atoms with E-state index in [2.05, 4.69) is 0 Å². The maximum atomic E-state index is 16.3. The summed E-state index contributed by atoms with van der Waals surface area (Å²) in [5.74, 6) is -3.86. The molecule has 5 rings (SSSR count). The predicted molar refractivity (Wildman–Crippen MR) is 223 cm³/mol. The van der Waals surface area contributed by atoms with Crippen LogP contribution in [0.3, 0.4) is 0 Å². The van der Waals surface area contributed by atoms with Crippen LogP contribution in [0.25, 0.3) is 11.4 Å². The van der Waals surface area contributed by atoms with E-state index >= 15 is 26.3 Å². The van der Waals surface area contributed by atoms with Gasteiger partial charge >= 0.3 is 347 Å². The number of halogens is 9. The van der Waals surface area contributed by atoms with Crippen molar-refractivity contribution in [1.29, 1.82) is 5.26 Å². The molecule has 1 aromatic heterocycles. The summed E-state index contributed by atoms with van der Waals surface area (Å²) < 4.78 is 163. The Kier molecular flexibility index (Phi) is 14.9. The van der Waals surface area contributed by atoms with Crippen molar-refractivity contribution in [2.24, 2.45) is 0 Å². The summed E-state index contributed by atoms with van der Waals surface area (Å²) in [5.41, 5.74) is 0.335. The molecule has 352 valence electrons. The van der Waals surface area contributed by atoms with E-state index in [4.69, 9.17) is 8.92 Å². The minimum absolute atomic E-state index is 0.194. The Labute approximate surface area is 370 Å². The molecule has 0 N–H and O–H groups in total. The molecule has 0 amide bonds. The Hall–Kier alpha value is -4.76. The van der Waals surface area contributed by atoms with E-state index in [1.807, 2.05) is 0 Å². The number of imidazole rings is 1. The molecule has 18 heteroatoms. The summed E-state index contributed by atoms with van der Waals surface area (Å²) in [6.07, 6.45) is -3.51. The van der Waals surface area contributed by atoms with Gasteiger partial charge in [-0.25, -0.2) is 0 Å². The fourth-order valence-corrected chi connectivity index (χ4v) is 16.4. The Morgan fingerprint density at radius 1 is 0.641 bits per heavy atom. The molecule has 0 saturated heterocycles. The van der Waals surface area contributed by atoms with Gasteiger partial charge in [0.25, 0.3) is 0 Å². The number of benzene rings is 4. The van der Waals surface area contributed by atoms with Gasteiger partial charge in [-0.3, -0.25) is 0 Å². The third-order valence-electron chi connectivity index (χ3n) is 10.1. The number of alkyl halides is 9. The number of hydrogen-bond donors (Lipinski definition) is 0. The van der Waals surface area contributed by atoms with Crippen LogP contribution in [0, 0.1) is 15.0 Å². The molecule has 0 unspecified atom stereocenters. The van der Waals surface area contributed by atoms with Crippen LogP contribution in [-0.2, 0) is 33.0 Å². The average molecular weight is 1110 g/mol. The number of rotatable bonds is 14. The normalized spacial score (nSPS) is 13.2. The molecule has 0 spiro atoms. The van der Waals surface area contributed by atoms with Crippen LogP contribution in [0.4, 0.5) is 39.5 Å². The summed E-state index contributed by atoms with van der Waals surface area (Å²) in [4.78, 5) is 0. The maximum absolute atomic E-state index is 16.3. The fraction of sp³-hybridized carbons (Fsp3) is 0.391. The topological polar surface area (TPSA) is 86.2 Å². The third-order valence-corrected chi connectivity index (χ3v) is 20.7. The van der Waals surface area contributed by atoms with Gasteiger partial charge in [0.1, 0.15) is 0 Å². The molecule has 0 bridgehead atoms. The van der Waals surface area contributed by atoms with Crippen molar-refractivity contribution < 1.29 is 73.5 Å². The molecular formula is C46H49AuF9N3O4S. The van der Waals surface area contributed by atoms with Crippen LogP contribution in [0.5, 0.6) is 17.2 Å². The average Bonchev–Trinajstić information content (AvgIpc) is 3.61. The van der Waals surface area contributed by atoms with E-state index in [1.165, 1.54) is 30.6 Å². The molecule has 4 aromatic carbocycles. The van der Waals surface area contributed by atoms with Crippen LogP contribution in [0.2, 0.25) is 4.64 Å². The fourth-order valence-electron chi connectivity index (χ4n) is 7.25. The second-order valence-electron chi connectivity index (χ2n) is 16.0. The van der Waals surface area contributed by atoms with Crippen LogP contribution in [0.15, 0.2) is 91.3 Å². The van der Waals surface area contributed by atoms with E-state index in [9.17, 15) is 26.9 Å². The van der Waals surface area contributed by atoms with Crippen molar-refractivity contribution in [3.05, 3.63) is 128 Å². The van der Waals surface area contributed by atoms with Gasteiger partial charge in [0.2, 0.25) is 0 Å². The molecule has 5 aromatic rings. The zero-order chi connectivity index (χ0) is 47.7. The first-order valence-electron chi connectivity index (χ1n) is 20.1. The Morgan fingerprint density at radius 3 is 1.47 bits per heavy atom. The molecule has 0 radical (unpaired) electrons. The van der Waals surface area contributed by atoms with E-state index in [-0.39, 0.29) is 40.8 Å². The van der Waals surface area contributed by atoms with Gasteiger partial charge < -0.3 is 0 Å². The monoisotopic (exact) mass is 1110 g/mol. The molecule has 1 heterocycles. The number of aromatic nitrogens is 2. The van der Waals surface area contributed by atoms with E-state index in [0.717, 1.165) is 33.4 Å². The Morgan fingerprint density at radius 2 is 1.06 bits per heavy atom. The third kappa shape index (κ3) is 10.2. The molecule has 0 aliphatic heterocycles. The quantitative estimate of drug-likeness (QED) is 0.0628. The van der Waals surface area contributed by atoms with Gasteiger partial charge in [-0.05, 0) is 6.07 Å². The second-order valence-corrected chi connectivity index (χ2v) is 26.1. The van der Waals surface area contributed by atoms with Crippen molar-refractivity contribution in [2.45, 2.75) is 105 Å². The molecule has 0 saturated carbocycles. The zero-order valence-electron chi connectivity index (χ0n) is 36.2. The Bertz CT molecular complexity index is 2590. The predicted octanol–water partition coefficient (Wildman–Crippen LogP) is 14.4. The van der Waals surface area contributed by atoms with Gasteiger partial charge in [-0.1, -0.05) is 0 Å². The Balaban J connectivity index is 1.73. The molecule has 0 aliphatic rings. The molecule has 0 fully saturated rings. The number of nitriles is 1. The standard InChI is InChI=1S/C27H36N2.C17H13F3NO4S.2CF3.Au/c1-18(2)22-11-9-12-23(19(3)4)26(22)28-15-16-29(17-28)27-24(20(5)6)13-10-14-25(27)21(7)8;1-2-9-26(22,23)25-13-6-3-5-12(10-13)24-16-8-4-7-15(14(16)11-21)17(18,19)20;2*2-1(3)4;/h9-16,18-21H,1-8H3;3-8,10H,1-2,9H2;;;. The van der Waals surface area contributed by atoms with Crippen molar-refractivity contribution in [2.75, 3.05) is 5.75 Å². The van der Waals surface area contributed by atoms with Crippen LogP contribution in [-0.4, -0.2) is 32.1 Å². The van der Waals surface area contributed by atoms with E-state index in [0.29, 0.717) is 28.3 Å². The van der Waals surface area contributed by atoms with E-state index in [1.54, 1.807) is 91.8 Å². The van der Waals surface area contributed by atoms with Gasteiger partial charge in [0, 0.05) is 0 Å². The van der Waals surface area contributed by atoms with Crippen molar-refractivity contribution in [3.8, 4) is 34.7 Å². The first kappa shape index (κ1) is 50.2. The summed E-state index contributed by atoms with van der Waals surface area (Å²) in [7, 11) is -4.92. The number of nitrogens with zero attached hydrogens (tertiary/aromatic N) is 3. The molecular weight excluding hydrogens is 1060 g/mol. The first-order chi connectivity index (χ1) is 29.7. The van der Waals surface area contributed by atoms with Crippen LogP contribution >= 0.6 is 0 Å². The molecule has 64 heavy (non-hydrogen) atoms. The van der Waals surface area contributed by atoms with Crippen LogP contribution in [0.1, 0.15) is 119 Å². The minimum atomic E-state index is -7.58. The number of ether oxygens (including phenoxy) is 1. The van der Waals surface area contributed by atoms with Gasteiger partial charge in [0.15, 0.2) is 0 Å². The van der Waals surface area contributed by atoms with Crippen molar-refractivity contribution in [1.82, 2.24) is 9.13 Å².